The van der Waals surface area contributed by atoms with E-state index < -0.39 is 0 Å². The van der Waals surface area contributed by atoms with E-state index in [4.69, 9.17) is 8.83 Å². The molecule has 1 amide bonds. The largest absolute Gasteiger partial charge is 0.467 e. The highest BCUT2D eigenvalue weighted by Crippen LogP contribution is 2.31. The molecule has 0 radical (unpaired) electrons. The van der Waals surface area contributed by atoms with Gasteiger partial charge in [-0.1, -0.05) is 30.3 Å². The molecule has 0 bridgehead atoms. The third kappa shape index (κ3) is 3.92. The zero-order valence-corrected chi connectivity index (χ0v) is 16.5. The molecule has 0 saturated heterocycles. The standard InChI is InChI=1S/C22H20N2O3S/c1-15-10-11-19(27-15)14-24(13-18-9-6-12-26-18)22(25)20-21(28-16(2)23-20)17-7-4-3-5-8-17/h3-12H,13-14H2,1-2H3. The van der Waals surface area contributed by atoms with Crippen molar-refractivity contribution in [1.29, 1.82) is 0 Å². The summed E-state index contributed by atoms with van der Waals surface area (Å²) in [6.45, 7) is 4.49. The van der Waals surface area contributed by atoms with E-state index in [1.54, 1.807) is 11.2 Å². The molecule has 1 aromatic carbocycles. The molecule has 0 unspecified atom stereocenters. The van der Waals surface area contributed by atoms with E-state index >= 15 is 0 Å². The third-order valence-electron chi connectivity index (χ3n) is 4.33. The summed E-state index contributed by atoms with van der Waals surface area (Å²) >= 11 is 1.53. The molecule has 0 aliphatic carbocycles. The molecule has 5 nitrogen and oxygen atoms in total. The lowest BCUT2D eigenvalue weighted by atomic mass is 10.1. The van der Waals surface area contributed by atoms with Crippen molar-refractivity contribution in [3.05, 3.63) is 88.8 Å². The number of hydrogen-bond acceptors (Lipinski definition) is 5. The molecule has 3 heterocycles. The van der Waals surface area contributed by atoms with Gasteiger partial charge in [0.15, 0.2) is 0 Å². The van der Waals surface area contributed by atoms with Crippen molar-refractivity contribution >= 4 is 17.2 Å². The minimum atomic E-state index is -0.145. The van der Waals surface area contributed by atoms with Gasteiger partial charge in [0.1, 0.15) is 23.0 Å². The fourth-order valence-corrected chi connectivity index (χ4v) is 3.97. The average Bonchev–Trinajstić information content (AvgIpc) is 3.43. The maximum absolute atomic E-state index is 13.5. The van der Waals surface area contributed by atoms with Crippen molar-refractivity contribution in [2.75, 3.05) is 0 Å². The van der Waals surface area contributed by atoms with Crippen LogP contribution in [0.4, 0.5) is 0 Å². The molecule has 28 heavy (non-hydrogen) atoms. The number of carbonyl (C=O) groups is 1. The molecule has 0 N–H and O–H groups in total. The average molecular weight is 392 g/mol. The minimum Gasteiger partial charge on any atom is -0.467 e. The maximum Gasteiger partial charge on any atom is 0.274 e. The number of rotatable bonds is 6. The van der Waals surface area contributed by atoms with Crippen LogP contribution in [-0.4, -0.2) is 15.8 Å². The Balaban J connectivity index is 1.69. The first-order valence-corrected chi connectivity index (χ1v) is 9.81. The number of nitrogens with zero attached hydrogens (tertiary/aromatic N) is 2. The van der Waals surface area contributed by atoms with Crippen LogP contribution >= 0.6 is 11.3 Å². The van der Waals surface area contributed by atoms with Gasteiger partial charge in [-0.25, -0.2) is 4.98 Å². The first-order chi connectivity index (χ1) is 13.6. The summed E-state index contributed by atoms with van der Waals surface area (Å²) < 4.78 is 11.2. The Bertz CT molecular complexity index is 1060. The molecule has 0 atom stereocenters. The molecule has 0 aliphatic rings. The number of benzene rings is 1. The summed E-state index contributed by atoms with van der Waals surface area (Å²) in [5, 5.41) is 0.856. The SMILES string of the molecule is Cc1ccc(CN(Cc2ccco2)C(=O)c2nc(C)sc2-c2ccccc2)o1. The zero-order chi connectivity index (χ0) is 19.5. The Hall–Kier alpha value is -3.12. The molecule has 6 heteroatoms. The third-order valence-corrected chi connectivity index (χ3v) is 5.35. The highest BCUT2D eigenvalue weighted by molar-refractivity contribution is 7.15. The fourth-order valence-electron chi connectivity index (χ4n) is 3.06. The van der Waals surface area contributed by atoms with E-state index in [1.807, 2.05) is 68.4 Å². The molecule has 4 aromatic rings. The molecule has 142 valence electrons. The highest BCUT2D eigenvalue weighted by Gasteiger charge is 2.25. The summed E-state index contributed by atoms with van der Waals surface area (Å²) in [5.74, 6) is 2.11. The van der Waals surface area contributed by atoms with Crippen molar-refractivity contribution in [3.8, 4) is 10.4 Å². The summed E-state index contributed by atoms with van der Waals surface area (Å²) in [6.07, 6.45) is 1.61. The molecule has 0 aliphatic heterocycles. The Morgan fingerprint density at radius 3 is 2.46 bits per heavy atom. The predicted octanol–water partition coefficient (Wildman–Crippen LogP) is 5.46. The van der Waals surface area contributed by atoms with E-state index in [1.165, 1.54) is 11.3 Å². The Morgan fingerprint density at radius 2 is 1.79 bits per heavy atom. The van der Waals surface area contributed by atoms with Gasteiger partial charge in [-0.3, -0.25) is 4.79 Å². The van der Waals surface area contributed by atoms with Gasteiger partial charge in [-0.05, 0) is 43.7 Å². The van der Waals surface area contributed by atoms with Gasteiger partial charge in [-0.2, -0.15) is 0 Å². The van der Waals surface area contributed by atoms with E-state index in [0.29, 0.717) is 24.5 Å². The summed E-state index contributed by atoms with van der Waals surface area (Å²) in [5.41, 5.74) is 1.45. The van der Waals surface area contributed by atoms with E-state index in [9.17, 15) is 4.79 Å². The summed E-state index contributed by atoms with van der Waals surface area (Å²) in [4.78, 5) is 20.6. The van der Waals surface area contributed by atoms with Crippen LogP contribution < -0.4 is 0 Å². The second-order valence-electron chi connectivity index (χ2n) is 6.53. The number of thiazole rings is 1. The maximum atomic E-state index is 13.5. The van der Waals surface area contributed by atoms with Gasteiger partial charge in [0.25, 0.3) is 5.91 Å². The number of aromatic nitrogens is 1. The lowest BCUT2D eigenvalue weighted by molar-refractivity contribution is 0.0699. The second-order valence-corrected chi connectivity index (χ2v) is 7.73. The highest BCUT2D eigenvalue weighted by atomic mass is 32.1. The zero-order valence-electron chi connectivity index (χ0n) is 15.7. The topological polar surface area (TPSA) is 59.5 Å². The molecule has 0 saturated carbocycles. The lowest BCUT2D eigenvalue weighted by Crippen LogP contribution is -2.30. The van der Waals surface area contributed by atoms with Crippen LogP contribution in [0.15, 0.2) is 69.7 Å². The summed E-state index contributed by atoms with van der Waals surface area (Å²) in [6, 6.07) is 17.3. The van der Waals surface area contributed by atoms with Crippen molar-refractivity contribution in [2.24, 2.45) is 0 Å². The first kappa shape index (κ1) is 18.3. The first-order valence-electron chi connectivity index (χ1n) is 9.00. The second kappa shape index (κ2) is 7.86. The van der Waals surface area contributed by atoms with E-state index in [0.717, 1.165) is 27.0 Å². The van der Waals surface area contributed by atoms with Crippen LogP contribution in [0.2, 0.25) is 0 Å². The Labute approximate surface area is 167 Å². The molecular formula is C22H20N2O3S. The quantitative estimate of drug-likeness (QED) is 0.437. The number of amides is 1. The summed E-state index contributed by atoms with van der Waals surface area (Å²) in [7, 11) is 0. The normalized spacial score (nSPS) is 10.9. The van der Waals surface area contributed by atoms with Crippen LogP contribution in [0.1, 0.15) is 32.8 Å². The molecular weight excluding hydrogens is 372 g/mol. The van der Waals surface area contributed by atoms with Gasteiger partial charge < -0.3 is 13.7 Å². The number of hydrogen-bond donors (Lipinski definition) is 0. The van der Waals surface area contributed by atoms with Gasteiger partial charge in [0.2, 0.25) is 0 Å². The van der Waals surface area contributed by atoms with Gasteiger partial charge in [-0.15, -0.1) is 11.3 Å². The number of carbonyl (C=O) groups excluding carboxylic acids is 1. The van der Waals surface area contributed by atoms with Gasteiger partial charge >= 0.3 is 0 Å². The van der Waals surface area contributed by atoms with Crippen molar-refractivity contribution in [3.63, 3.8) is 0 Å². The van der Waals surface area contributed by atoms with Crippen LogP contribution in [0.25, 0.3) is 10.4 Å². The molecule has 3 aromatic heterocycles. The van der Waals surface area contributed by atoms with Crippen LogP contribution in [-0.2, 0) is 13.1 Å². The Morgan fingerprint density at radius 1 is 1.00 bits per heavy atom. The van der Waals surface area contributed by atoms with Crippen LogP contribution in [0, 0.1) is 13.8 Å². The van der Waals surface area contributed by atoms with Crippen molar-refractivity contribution in [1.82, 2.24) is 9.88 Å². The molecule has 0 spiro atoms. The van der Waals surface area contributed by atoms with Gasteiger partial charge in [0, 0.05) is 0 Å². The van der Waals surface area contributed by atoms with E-state index in [-0.39, 0.29) is 5.91 Å². The van der Waals surface area contributed by atoms with Crippen LogP contribution in [0.5, 0.6) is 0 Å². The van der Waals surface area contributed by atoms with Crippen molar-refractivity contribution < 1.29 is 13.6 Å². The predicted molar refractivity (Wildman–Crippen MR) is 108 cm³/mol. The molecule has 0 fully saturated rings. The van der Waals surface area contributed by atoms with Crippen molar-refractivity contribution in [2.45, 2.75) is 26.9 Å². The monoisotopic (exact) mass is 392 g/mol. The minimum absolute atomic E-state index is 0.145. The smallest absolute Gasteiger partial charge is 0.274 e. The fraction of sp³-hybridized carbons (Fsp3) is 0.182. The van der Waals surface area contributed by atoms with Gasteiger partial charge in [0.05, 0.1) is 29.2 Å². The Kier molecular flexibility index (Phi) is 5.12. The number of furan rings is 2. The van der Waals surface area contributed by atoms with E-state index in [2.05, 4.69) is 4.98 Å². The lowest BCUT2D eigenvalue weighted by Gasteiger charge is -2.20. The molecule has 4 rings (SSSR count). The number of aryl methyl sites for hydroxylation is 2. The van der Waals surface area contributed by atoms with Crippen LogP contribution in [0.3, 0.4) is 0 Å².